The number of ketones is 1. The van der Waals surface area contributed by atoms with Gasteiger partial charge in [0.15, 0.2) is 5.78 Å². The van der Waals surface area contributed by atoms with Crippen molar-refractivity contribution in [2.75, 3.05) is 6.61 Å². The third-order valence-corrected chi connectivity index (χ3v) is 1.44. The summed E-state index contributed by atoms with van der Waals surface area (Å²) in [5.74, 6) is -0.101. The molecule has 1 atom stereocenters. The van der Waals surface area contributed by atoms with Crippen molar-refractivity contribution >= 4 is 12.2 Å². The first kappa shape index (κ1) is 12.1. The minimum Gasteiger partial charge on any atom is -0.373 e. The molecule has 0 aliphatic rings. The van der Waals surface area contributed by atoms with Crippen molar-refractivity contribution in [1.29, 1.82) is 0 Å². The standard InChI is InChI=1S/C9H17NO3/c1-7(12)8(10-6-11)5-13-9(2,3)4/h6,8H,5H2,1-4H3,(H,10,11)/t8-/m0/s1. The van der Waals surface area contributed by atoms with Gasteiger partial charge in [-0.15, -0.1) is 0 Å². The molecule has 4 nitrogen and oxygen atoms in total. The quantitative estimate of drug-likeness (QED) is 0.638. The van der Waals surface area contributed by atoms with Gasteiger partial charge in [0.2, 0.25) is 6.41 Å². The predicted molar refractivity (Wildman–Crippen MR) is 49.4 cm³/mol. The molecule has 0 aromatic heterocycles. The van der Waals surface area contributed by atoms with Gasteiger partial charge in [-0.05, 0) is 27.7 Å². The number of carbonyl (C=O) groups excluding carboxylic acids is 2. The third kappa shape index (κ3) is 6.28. The smallest absolute Gasteiger partial charge is 0.207 e. The summed E-state index contributed by atoms with van der Waals surface area (Å²) >= 11 is 0. The number of ether oxygens (including phenoxy) is 1. The first-order valence-electron chi connectivity index (χ1n) is 4.21. The minimum atomic E-state index is -0.531. The zero-order valence-electron chi connectivity index (χ0n) is 8.59. The molecule has 0 saturated heterocycles. The Kier molecular flexibility index (Phi) is 4.62. The van der Waals surface area contributed by atoms with Crippen LogP contribution in [0.25, 0.3) is 0 Å². The van der Waals surface area contributed by atoms with Crippen molar-refractivity contribution in [2.45, 2.75) is 39.3 Å². The van der Waals surface area contributed by atoms with Crippen LogP contribution in [0.4, 0.5) is 0 Å². The zero-order valence-corrected chi connectivity index (χ0v) is 8.59. The number of nitrogens with one attached hydrogen (secondary N) is 1. The maximum atomic E-state index is 10.9. The minimum absolute atomic E-state index is 0.101. The van der Waals surface area contributed by atoms with Gasteiger partial charge < -0.3 is 10.1 Å². The van der Waals surface area contributed by atoms with Gasteiger partial charge in [-0.1, -0.05) is 0 Å². The molecule has 0 aromatic rings. The van der Waals surface area contributed by atoms with Crippen LogP contribution in [0, 0.1) is 0 Å². The zero-order chi connectivity index (χ0) is 10.5. The van der Waals surface area contributed by atoms with E-state index in [9.17, 15) is 9.59 Å². The second-order valence-electron chi connectivity index (χ2n) is 3.87. The van der Waals surface area contributed by atoms with Crippen LogP contribution in [0.5, 0.6) is 0 Å². The number of hydrogen-bond acceptors (Lipinski definition) is 3. The Bertz CT molecular complexity index is 184. The van der Waals surface area contributed by atoms with E-state index in [1.165, 1.54) is 6.92 Å². The molecule has 0 rings (SSSR count). The van der Waals surface area contributed by atoms with E-state index in [2.05, 4.69) is 5.32 Å². The van der Waals surface area contributed by atoms with E-state index >= 15 is 0 Å². The van der Waals surface area contributed by atoms with Crippen LogP contribution in [0.2, 0.25) is 0 Å². The molecule has 0 radical (unpaired) electrons. The van der Waals surface area contributed by atoms with E-state index in [4.69, 9.17) is 4.74 Å². The van der Waals surface area contributed by atoms with Gasteiger partial charge in [-0.3, -0.25) is 9.59 Å². The van der Waals surface area contributed by atoms with Crippen molar-refractivity contribution in [1.82, 2.24) is 5.32 Å². The molecule has 0 saturated carbocycles. The average molecular weight is 187 g/mol. The molecule has 0 bridgehead atoms. The van der Waals surface area contributed by atoms with Gasteiger partial charge in [0.25, 0.3) is 0 Å². The summed E-state index contributed by atoms with van der Waals surface area (Å²) in [6.07, 6.45) is 0.512. The predicted octanol–water partition coefficient (Wildman–Crippen LogP) is 0.505. The van der Waals surface area contributed by atoms with Crippen LogP contribution in [0.3, 0.4) is 0 Å². The van der Waals surface area contributed by atoms with Gasteiger partial charge in [0.05, 0.1) is 12.2 Å². The number of rotatable bonds is 5. The lowest BCUT2D eigenvalue weighted by Gasteiger charge is -2.22. The lowest BCUT2D eigenvalue weighted by atomic mass is 10.1. The van der Waals surface area contributed by atoms with Gasteiger partial charge in [0.1, 0.15) is 6.04 Å². The summed E-state index contributed by atoms with van der Waals surface area (Å²) in [6.45, 7) is 7.33. The molecule has 0 fully saturated rings. The van der Waals surface area contributed by atoms with E-state index < -0.39 is 6.04 Å². The number of amides is 1. The maximum absolute atomic E-state index is 10.9. The normalized spacial score (nSPS) is 13.5. The first-order chi connectivity index (χ1) is 5.87. The van der Waals surface area contributed by atoms with Crippen LogP contribution in [0.1, 0.15) is 27.7 Å². The van der Waals surface area contributed by atoms with Gasteiger partial charge in [-0.2, -0.15) is 0 Å². The number of carbonyl (C=O) groups is 2. The fourth-order valence-corrected chi connectivity index (χ4v) is 0.698. The summed E-state index contributed by atoms with van der Waals surface area (Å²) in [7, 11) is 0. The average Bonchev–Trinajstić information content (AvgIpc) is 1.95. The molecule has 1 N–H and O–H groups in total. The molecule has 0 aromatic carbocycles. The summed E-state index contributed by atoms with van der Waals surface area (Å²) < 4.78 is 5.36. The van der Waals surface area contributed by atoms with Crippen LogP contribution in [0.15, 0.2) is 0 Å². The van der Waals surface area contributed by atoms with Crippen molar-refractivity contribution in [2.24, 2.45) is 0 Å². The van der Waals surface area contributed by atoms with Crippen molar-refractivity contribution in [3.8, 4) is 0 Å². The Morgan fingerprint density at radius 3 is 2.38 bits per heavy atom. The Morgan fingerprint density at radius 1 is 1.54 bits per heavy atom. The van der Waals surface area contributed by atoms with Crippen LogP contribution >= 0.6 is 0 Å². The molecule has 0 spiro atoms. The largest absolute Gasteiger partial charge is 0.373 e. The Morgan fingerprint density at radius 2 is 2.08 bits per heavy atom. The van der Waals surface area contributed by atoms with E-state index in [-0.39, 0.29) is 18.0 Å². The van der Waals surface area contributed by atoms with Gasteiger partial charge in [0, 0.05) is 0 Å². The van der Waals surface area contributed by atoms with Crippen molar-refractivity contribution < 1.29 is 14.3 Å². The van der Waals surface area contributed by atoms with E-state index in [1.54, 1.807) is 0 Å². The van der Waals surface area contributed by atoms with Gasteiger partial charge in [-0.25, -0.2) is 0 Å². The lowest BCUT2D eigenvalue weighted by Crippen LogP contribution is -2.40. The van der Waals surface area contributed by atoms with E-state index in [0.29, 0.717) is 6.41 Å². The molecule has 4 heteroatoms. The molecule has 76 valence electrons. The second-order valence-corrected chi connectivity index (χ2v) is 3.87. The highest BCUT2D eigenvalue weighted by Crippen LogP contribution is 2.07. The highest BCUT2D eigenvalue weighted by molar-refractivity contribution is 5.83. The van der Waals surface area contributed by atoms with E-state index in [0.717, 1.165) is 0 Å². The Balaban J connectivity index is 3.97. The first-order valence-corrected chi connectivity index (χ1v) is 4.21. The molecular weight excluding hydrogens is 170 g/mol. The Hall–Kier alpha value is -0.900. The highest BCUT2D eigenvalue weighted by Gasteiger charge is 2.17. The number of hydrogen-bond donors (Lipinski definition) is 1. The summed E-state index contributed by atoms with van der Waals surface area (Å²) in [5, 5.41) is 2.40. The maximum Gasteiger partial charge on any atom is 0.207 e. The highest BCUT2D eigenvalue weighted by atomic mass is 16.5. The topological polar surface area (TPSA) is 55.4 Å². The summed E-state index contributed by atoms with van der Waals surface area (Å²) in [5.41, 5.74) is -0.293. The molecule has 13 heavy (non-hydrogen) atoms. The van der Waals surface area contributed by atoms with Gasteiger partial charge >= 0.3 is 0 Å². The molecule has 0 aliphatic carbocycles. The van der Waals surface area contributed by atoms with Crippen LogP contribution < -0.4 is 5.32 Å². The second kappa shape index (κ2) is 4.97. The lowest BCUT2D eigenvalue weighted by molar-refractivity contribution is -0.125. The third-order valence-electron chi connectivity index (χ3n) is 1.44. The fraction of sp³-hybridized carbons (Fsp3) is 0.778. The molecule has 0 aliphatic heterocycles. The molecular formula is C9H17NO3. The number of Topliss-reactive ketones (excluding diaryl/α,β-unsaturated/α-hetero) is 1. The molecule has 0 unspecified atom stereocenters. The van der Waals surface area contributed by atoms with Crippen molar-refractivity contribution in [3.63, 3.8) is 0 Å². The molecule has 0 heterocycles. The van der Waals surface area contributed by atoms with E-state index in [1.807, 2.05) is 20.8 Å². The summed E-state index contributed by atoms with van der Waals surface area (Å²) in [6, 6.07) is -0.531. The summed E-state index contributed by atoms with van der Waals surface area (Å²) in [4.78, 5) is 21.1. The van der Waals surface area contributed by atoms with Crippen molar-refractivity contribution in [3.05, 3.63) is 0 Å². The Labute approximate surface area is 78.6 Å². The SMILES string of the molecule is CC(=O)[C@H](COC(C)(C)C)NC=O. The molecule has 1 amide bonds. The van der Waals surface area contributed by atoms with Crippen LogP contribution in [-0.2, 0) is 14.3 Å². The van der Waals surface area contributed by atoms with Crippen LogP contribution in [-0.4, -0.2) is 30.4 Å². The monoisotopic (exact) mass is 187 g/mol. The fourth-order valence-electron chi connectivity index (χ4n) is 0.698.